The number of hydrogen-bond acceptors (Lipinski definition) is 5. The number of nitrogens with one attached hydrogen (secondary N) is 1. The van der Waals surface area contributed by atoms with E-state index in [0.29, 0.717) is 23.6 Å². The van der Waals surface area contributed by atoms with E-state index in [4.69, 9.17) is 4.74 Å². The van der Waals surface area contributed by atoms with Crippen LogP contribution in [0.15, 0.2) is 65.5 Å². The molecule has 0 aliphatic rings. The molecule has 0 saturated carbocycles. The van der Waals surface area contributed by atoms with Gasteiger partial charge in [0, 0.05) is 23.9 Å². The maximum absolute atomic E-state index is 13.5. The maximum atomic E-state index is 13.5. The van der Waals surface area contributed by atoms with E-state index in [0.717, 1.165) is 18.5 Å². The third-order valence-electron chi connectivity index (χ3n) is 4.48. The summed E-state index contributed by atoms with van der Waals surface area (Å²) >= 11 is 0. The van der Waals surface area contributed by atoms with Crippen LogP contribution in [0.4, 0.5) is 14.9 Å². The van der Waals surface area contributed by atoms with Crippen molar-refractivity contribution >= 4 is 11.8 Å². The lowest BCUT2D eigenvalue weighted by molar-refractivity contribution is 0.156. The van der Waals surface area contributed by atoms with E-state index in [-0.39, 0.29) is 17.9 Å². The van der Waals surface area contributed by atoms with E-state index in [1.807, 2.05) is 25.1 Å². The lowest BCUT2D eigenvalue weighted by Crippen LogP contribution is -2.23. The molecule has 162 valence electrons. The Morgan fingerprint density at radius 2 is 1.94 bits per heavy atom. The predicted octanol–water partition coefficient (Wildman–Crippen LogP) is 3.60. The lowest BCUT2D eigenvalue weighted by atomic mass is 10.1. The number of amides is 1. The fourth-order valence-corrected chi connectivity index (χ4v) is 2.98. The fourth-order valence-electron chi connectivity index (χ4n) is 2.98. The van der Waals surface area contributed by atoms with Crippen molar-refractivity contribution in [3.8, 4) is 11.3 Å². The van der Waals surface area contributed by atoms with Gasteiger partial charge in [-0.05, 0) is 56.4 Å². The monoisotopic (exact) mass is 424 g/mol. The lowest BCUT2D eigenvalue weighted by Gasteiger charge is -2.11. The number of carbonyl (C=O) groups excluding carboxylic acids is 1. The number of rotatable bonds is 8. The van der Waals surface area contributed by atoms with Crippen LogP contribution in [0.25, 0.3) is 11.3 Å². The van der Waals surface area contributed by atoms with Crippen LogP contribution in [0.1, 0.15) is 12.0 Å². The van der Waals surface area contributed by atoms with Crippen LogP contribution in [0, 0.1) is 5.82 Å². The zero-order chi connectivity index (χ0) is 22.2. The smallest absolute Gasteiger partial charge is 0.411 e. The van der Waals surface area contributed by atoms with Gasteiger partial charge in [0.25, 0.3) is 5.56 Å². The van der Waals surface area contributed by atoms with Crippen molar-refractivity contribution in [1.29, 1.82) is 0 Å². The SMILES string of the molecule is CN(C)CCCOC(=O)Nc1cccc(Cn2nc(-c3cccc(F)c3)ccc2=O)c1. The molecule has 0 spiro atoms. The van der Waals surface area contributed by atoms with Gasteiger partial charge in [-0.2, -0.15) is 5.10 Å². The van der Waals surface area contributed by atoms with Gasteiger partial charge in [0.05, 0.1) is 18.8 Å². The van der Waals surface area contributed by atoms with Gasteiger partial charge in [-0.25, -0.2) is 13.9 Å². The highest BCUT2D eigenvalue weighted by Gasteiger charge is 2.08. The first-order valence-electron chi connectivity index (χ1n) is 9.92. The Morgan fingerprint density at radius 3 is 2.71 bits per heavy atom. The van der Waals surface area contributed by atoms with Crippen LogP contribution in [-0.2, 0) is 11.3 Å². The van der Waals surface area contributed by atoms with Crippen molar-refractivity contribution in [3.05, 3.63) is 82.4 Å². The van der Waals surface area contributed by atoms with E-state index in [2.05, 4.69) is 10.4 Å². The van der Waals surface area contributed by atoms with Gasteiger partial charge in [-0.3, -0.25) is 10.1 Å². The van der Waals surface area contributed by atoms with Crippen molar-refractivity contribution in [2.24, 2.45) is 0 Å². The van der Waals surface area contributed by atoms with E-state index in [9.17, 15) is 14.0 Å². The minimum absolute atomic E-state index is 0.204. The number of anilines is 1. The van der Waals surface area contributed by atoms with Gasteiger partial charge >= 0.3 is 6.09 Å². The number of ether oxygens (including phenoxy) is 1. The molecule has 8 heteroatoms. The Morgan fingerprint density at radius 1 is 1.13 bits per heavy atom. The van der Waals surface area contributed by atoms with Crippen LogP contribution in [0.3, 0.4) is 0 Å². The first-order valence-corrected chi connectivity index (χ1v) is 9.92. The molecule has 0 aliphatic heterocycles. The maximum Gasteiger partial charge on any atom is 0.411 e. The first kappa shape index (κ1) is 22.2. The number of carbonyl (C=O) groups is 1. The van der Waals surface area contributed by atoms with Crippen LogP contribution in [0.5, 0.6) is 0 Å². The second-order valence-electron chi connectivity index (χ2n) is 7.34. The zero-order valence-electron chi connectivity index (χ0n) is 17.5. The third kappa shape index (κ3) is 6.75. The molecule has 0 radical (unpaired) electrons. The molecule has 1 aromatic heterocycles. The van der Waals surface area contributed by atoms with Gasteiger partial charge in [-0.1, -0.05) is 24.3 Å². The Bertz CT molecular complexity index is 1100. The number of benzene rings is 2. The highest BCUT2D eigenvalue weighted by atomic mass is 19.1. The molecule has 1 N–H and O–H groups in total. The minimum Gasteiger partial charge on any atom is -0.449 e. The molecular weight excluding hydrogens is 399 g/mol. The van der Waals surface area contributed by atoms with E-state index >= 15 is 0 Å². The Labute approximate surface area is 180 Å². The number of aromatic nitrogens is 2. The molecule has 0 bridgehead atoms. The molecule has 0 atom stereocenters. The summed E-state index contributed by atoms with van der Waals surface area (Å²) in [5, 5.41) is 7.05. The normalized spacial score (nSPS) is 10.8. The second-order valence-corrected chi connectivity index (χ2v) is 7.34. The highest BCUT2D eigenvalue weighted by Crippen LogP contribution is 2.17. The van der Waals surface area contributed by atoms with Gasteiger partial charge in [0.2, 0.25) is 0 Å². The summed E-state index contributed by atoms with van der Waals surface area (Å²) in [4.78, 5) is 26.2. The molecule has 0 unspecified atom stereocenters. The van der Waals surface area contributed by atoms with Crippen LogP contribution < -0.4 is 10.9 Å². The van der Waals surface area contributed by atoms with Crippen LogP contribution in [0.2, 0.25) is 0 Å². The van der Waals surface area contributed by atoms with Crippen molar-refractivity contribution in [2.75, 3.05) is 32.6 Å². The molecule has 1 heterocycles. The molecule has 1 amide bonds. The summed E-state index contributed by atoms with van der Waals surface area (Å²) in [5.74, 6) is -0.371. The average molecular weight is 424 g/mol. The number of halogens is 1. The fraction of sp³-hybridized carbons (Fsp3) is 0.261. The van der Waals surface area contributed by atoms with Gasteiger partial charge in [0.15, 0.2) is 0 Å². The summed E-state index contributed by atoms with van der Waals surface area (Å²) in [6, 6.07) is 16.1. The van der Waals surface area contributed by atoms with E-state index in [1.165, 1.54) is 22.9 Å². The number of nitrogens with zero attached hydrogens (tertiary/aromatic N) is 3. The quantitative estimate of drug-likeness (QED) is 0.559. The number of hydrogen-bond donors (Lipinski definition) is 1. The summed E-state index contributed by atoms with van der Waals surface area (Å²) in [6.07, 6.45) is 0.218. The van der Waals surface area contributed by atoms with Crippen molar-refractivity contribution in [2.45, 2.75) is 13.0 Å². The summed E-state index contributed by atoms with van der Waals surface area (Å²) in [6.45, 7) is 1.37. The first-order chi connectivity index (χ1) is 14.9. The molecular formula is C23H25FN4O3. The molecule has 0 aliphatic carbocycles. The molecule has 3 rings (SSSR count). The van der Waals surface area contributed by atoms with Gasteiger partial charge in [0.1, 0.15) is 5.82 Å². The topological polar surface area (TPSA) is 76.5 Å². The molecule has 3 aromatic rings. The zero-order valence-corrected chi connectivity index (χ0v) is 17.5. The van der Waals surface area contributed by atoms with Gasteiger partial charge in [-0.15, -0.1) is 0 Å². The second kappa shape index (κ2) is 10.5. The molecule has 0 saturated heterocycles. The Hall–Kier alpha value is -3.52. The highest BCUT2D eigenvalue weighted by molar-refractivity contribution is 5.84. The van der Waals surface area contributed by atoms with E-state index < -0.39 is 6.09 Å². The van der Waals surface area contributed by atoms with E-state index in [1.54, 1.807) is 36.4 Å². The Kier molecular flexibility index (Phi) is 7.50. The predicted molar refractivity (Wildman–Crippen MR) is 118 cm³/mol. The molecule has 31 heavy (non-hydrogen) atoms. The van der Waals surface area contributed by atoms with Crippen molar-refractivity contribution < 1.29 is 13.9 Å². The average Bonchev–Trinajstić information content (AvgIpc) is 2.73. The summed E-state index contributed by atoms with van der Waals surface area (Å²) in [5.41, 5.74) is 2.13. The Balaban J connectivity index is 1.67. The van der Waals surface area contributed by atoms with Crippen LogP contribution in [-0.4, -0.2) is 48.0 Å². The van der Waals surface area contributed by atoms with Gasteiger partial charge < -0.3 is 9.64 Å². The summed E-state index contributed by atoms with van der Waals surface area (Å²) in [7, 11) is 3.92. The van der Waals surface area contributed by atoms with Crippen molar-refractivity contribution in [1.82, 2.24) is 14.7 Å². The largest absolute Gasteiger partial charge is 0.449 e. The minimum atomic E-state index is -0.528. The molecule has 0 fully saturated rings. The standard InChI is InChI=1S/C23H25FN4O3/c1-27(2)12-5-13-31-23(30)25-20-9-3-6-17(14-20)16-28-22(29)11-10-21(26-28)18-7-4-8-19(24)15-18/h3-4,6-11,14-15H,5,12-13,16H2,1-2H3,(H,25,30). The summed E-state index contributed by atoms with van der Waals surface area (Å²) < 4.78 is 20.0. The molecule has 7 nitrogen and oxygen atoms in total. The van der Waals surface area contributed by atoms with Crippen LogP contribution >= 0.6 is 0 Å². The molecule has 2 aromatic carbocycles. The third-order valence-corrected chi connectivity index (χ3v) is 4.48. The van der Waals surface area contributed by atoms with Crippen molar-refractivity contribution in [3.63, 3.8) is 0 Å².